The Labute approximate surface area is 127 Å². The number of thioether (sulfide) groups is 1. The molecule has 1 aromatic heterocycles. The molecule has 1 atom stereocenters. The lowest BCUT2D eigenvalue weighted by atomic mass is 9.90. The van der Waals surface area contributed by atoms with Crippen LogP contribution in [0.4, 0.5) is 0 Å². The summed E-state index contributed by atoms with van der Waals surface area (Å²) in [6.07, 6.45) is 5.52. The van der Waals surface area contributed by atoms with E-state index in [9.17, 15) is 14.7 Å². The van der Waals surface area contributed by atoms with E-state index in [1.165, 1.54) is 24.0 Å². The van der Waals surface area contributed by atoms with Crippen molar-refractivity contribution in [2.24, 2.45) is 0 Å². The van der Waals surface area contributed by atoms with Gasteiger partial charge in [-0.25, -0.2) is 4.98 Å². The molecule has 0 spiro atoms. The Morgan fingerprint density at radius 3 is 2.95 bits per heavy atom. The van der Waals surface area contributed by atoms with Crippen molar-refractivity contribution in [1.82, 2.24) is 15.3 Å². The molecule has 1 aliphatic rings. The van der Waals surface area contributed by atoms with Crippen molar-refractivity contribution in [3.05, 3.63) is 22.6 Å². The Morgan fingerprint density at radius 1 is 1.62 bits per heavy atom. The van der Waals surface area contributed by atoms with Gasteiger partial charge in [0.1, 0.15) is 5.54 Å². The molecule has 2 rings (SSSR count). The number of H-pyrrole nitrogens is 1. The molecule has 1 aromatic rings. The third-order valence-corrected chi connectivity index (χ3v) is 4.68. The highest BCUT2D eigenvalue weighted by molar-refractivity contribution is 7.99. The molecule has 0 saturated heterocycles. The minimum atomic E-state index is -0.820. The van der Waals surface area contributed by atoms with Gasteiger partial charge in [0.05, 0.1) is 0 Å². The number of carbonyl (C=O) groups is 1. The van der Waals surface area contributed by atoms with Crippen molar-refractivity contribution in [1.29, 1.82) is 0 Å². The molecule has 116 valence electrons. The molecule has 1 fully saturated rings. The van der Waals surface area contributed by atoms with Crippen LogP contribution in [0.15, 0.2) is 22.2 Å². The van der Waals surface area contributed by atoms with Gasteiger partial charge in [-0.05, 0) is 32.1 Å². The smallest absolute Gasteiger partial charge is 0.323 e. The lowest BCUT2D eigenvalue weighted by Crippen LogP contribution is -2.52. The number of aromatic amines is 1. The summed E-state index contributed by atoms with van der Waals surface area (Å²) in [5.41, 5.74) is -0.990. The van der Waals surface area contributed by atoms with Gasteiger partial charge in [-0.15, -0.1) is 0 Å². The van der Waals surface area contributed by atoms with E-state index in [-0.39, 0.29) is 5.56 Å². The standard InChI is InChI=1S/C14H21N3O3S/c1-2-14(12(19)20,17-10-4-5-10)7-3-9-21-13-15-8-6-11(18)16-13/h6,8,10,17H,2-5,7,9H2,1H3,(H,19,20)(H,15,16,18). The number of nitrogens with one attached hydrogen (secondary N) is 2. The molecule has 6 nitrogen and oxygen atoms in total. The van der Waals surface area contributed by atoms with Crippen LogP contribution in [0, 0.1) is 0 Å². The third-order valence-electron chi connectivity index (χ3n) is 3.71. The lowest BCUT2D eigenvalue weighted by molar-refractivity contribution is -0.145. The topological polar surface area (TPSA) is 95.1 Å². The molecule has 21 heavy (non-hydrogen) atoms. The Bertz CT molecular complexity index is 544. The maximum absolute atomic E-state index is 11.6. The van der Waals surface area contributed by atoms with E-state index in [4.69, 9.17) is 0 Å². The largest absolute Gasteiger partial charge is 0.480 e. The molecular weight excluding hydrogens is 290 g/mol. The minimum absolute atomic E-state index is 0.170. The van der Waals surface area contributed by atoms with Crippen LogP contribution in [0.2, 0.25) is 0 Å². The number of hydrogen-bond donors (Lipinski definition) is 3. The first-order chi connectivity index (χ1) is 10.1. The van der Waals surface area contributed by atoms with E-state index in [0.717, 1.165) is 25.0 Å². The van der Waals surface area contributed by atoms with Crippen molar-refractivity contribution in [2.75, 3.05) is 5.75 Å². The number of carboxylic acids is 1. The van der Waals surface area contributed by atoms with Crippen LogP contribution in [0.1, 0.15) is 39.0 Å². The summed E-state index contributed by atoms with van der Waals surface area (Å²) in [7, 11) is 0. The Morgan fingerprint density at radius 2 is 2.38 bits per heavy atom. The summed E-state index contributed by atoms with van der Waals surface area (Å²) in [6.45, 7) is 1.91. The molecular formula is C14H21N3O3S. The molecule has 1 saturated carbocycles. The monoisotopic (exact) mass is 311 g/mol. The van der Waals surface area contributed by atoms with Gasteiger partial charge in [0.2, 0.25) is 0 Å². The highest BCUT2D eigenvalue weighted by atomic mass is 32.2. The number of rotatable bonds is 9. The molecule has 3 N–H and O–H groups in total. The predicted molar refractivity (Wildman–Crippen MR) is 81.6 cm³/mol. The van der Waals surface area contributed by atoms with Crippen LogP contribution < -0.4 is 10.9 Å². The number of hydrogen-bond acceptors (Lipinski definition) is 5. The number of aliphatic carboxylic acids is 1. The first-order valence-corrected chi connectivity index (χ1v) is 8.23. The van der Waals surface area contributed by atoms with E-state index >= 15 is 0 Å². The second-order valence-corrected chi connectivity index (χ2v) is 6.43. The third kappa shape index (κ3) is 4.57. The van der Waals surface area contributed by atoms with Crippen LogP contribution in [-0.2, 0) is 4.79 Å². The summed E-state index contributed by atoms with van der Waals surface area (Å²) in [6, 6.07) is 1.73. The maximum atomic E-state index is 11.6. The Kier molecular flexibility index (Phi) is 5.41. The Balaban J connectivity index is 1.84. The van der Waals surface area contributed by atoms with E-state index in [1.54, 1.807) is 0 Å². The minimum Gasteiger partial charge on any atom is -0.480 e. The predicted octanol–water partition coefficient (Wildman–Crippen LogP) is 1.63. The molecule has 1 aliphatic carbocycles. The van der Waals surface area contributed by atoms with Crippen molar-refractivity contribution >= 4 is 17.7 Å². The number of carboxylic acid groups (broad SMARTS) is 1. The number of nitrogens with zero attached hydrogens (tertiary/aromatic N) is 1. The highest BCUT2D eigenvalue weighted by Crippen LogP contribution is 2.28. The SMILES string of the molecule is CCC(CCCSc1nccc(=O)[nH]1)(NC1CC1)C(=O)O. The molecule has 0 aromatic carbocycles. The fourth-order valence-corrected chi connectivity index (χ4v) is 3.05. The summed E-state index contributed by atoms with van der Waals surface area (Å²) in [5.74, 6) is -0.0398. The first kappa shape index (κ1) is 16.0. The molecule has 7 heteroatoms. The second kappa shape index (κ2) is 7.09. The molecule has 0 amide bonds. The average molecular weight is 311 g/mol. The highest BCUT2D eigenvalue weighted by Gasteiger charge is 2.40. The molecule has 0 aliphatic heterocycles. The van der Waals surface area contributed by atoms with Crippen LogP contribution >= 0.6 is 11.8 Å². The fraction of sp³-hybridized carbons (Fsp3) is 0.643. The summed E-state index contributed by atoms with van der Waals surface area (Å²) >= 11 is 1.44. The second-order valence-electron chi connectivity index (χ2n) is 5.35. The zero-order valence-corrected chi connectivity index (χ0v) is 12.9. The van der Waals surface area contributed by atoms with Crippen molar-refractivity contribution in [2.45, 2.75) is 55.8 Å². The van der Waals surface area contributed by atoms with Crippen LogP contribution in [0.3, 0.4) is 0 Å². The zero-order valence-electron chi connectivity index (χ0n) is 12.1. The fourth-order valence-electron chi connectivity index (χ4n) is 2.26. The van der Waals surface area contributed by atoms with Crippen LogP contribution in [0.5, 0.6) is 0 Å². The first-order valence-electron chi connectivity index (χ1n) is 7.25. The van der Waals surface area contributed by atoms with Crippen molar-refractivity contribution < 1.29 is 9.90 Å². The molecule has 1 heterocycles. The Hall–Kier alpha value is -1.34. The van der Waals surface area contributed by atoms with Gasteiger partial charge in [-0.3, -0.25) is 14.9 Å². The van der Waals surface area contributed by atoms with Gasteiger partial charge in [0.15, 0.2) is 5.16 Å². The van der Waals surface area contributed by atoms with Crippen LogP contribution in [-0.4, -0.2) is 38.4 Å². The number of aromatic nitrogens is 2. The van der Waals surface area contributed by atoms with Crippen molar-refractivity contribution in [3.63, 3.8) is 0 Å². The zero-order chi connectivity index (χ0) is 15.3. The average Bonchev–Trinajstić information content (AvgIpc) is 3.26. The summed E-state index contributed by atoms with van der Waals surface area (Å²) in [5, 5.41) is 13.4. The van der Waals surface area contributed by atoms with Crippen molar-refractivity contribution in [3.8, 4) is 0 Å². The molecule has 0 bridgehead atoms. The van der Waals surface area contributed by atoms with Crippen LogP contribution in [0.25, 0.3) is 0 Å². The normalized spacial score (nSPS) is 17.4. The quantitative estimate of drug-likeness (QED) is 0.364. The summed E-state index contributed by atoms with van der Waals surface area (Å²) < 4.78 is 0. The maximum Gasteiger partial charge on any atom is 0.323 e. The van der Waals surface area contributed by atoms with Gasteiger partial charge in [-0.1, -0.05) is 18.7 Å². The van der Waals surface area contributed by atoms with Gasteiger partial charge in [0, 0.05) is 24.1 Å². The van der Waals surface area contributed by atoms with Gasteiger partial charge < -0.3 is 10.1 Å². The van der Waals surface area contributed by atoms with E-state index in [0.29, 0.717) is 24.0 Å². The van der Waals surface area contributed by atoms with Gasteiger partial charge >= 0.3 is 5.97 Å². The lowest BCUT2D eigenvalue weighted by Gasteiger charge is -2.29. The van der Waals surface area contributed by atoms with E-state index in [1.807, 2.05) is 6.92 Å². The van der Waals surface area contributed by atoms with Gasteiger partial charge in [0.25, 0.3) is 5.56 Å². The van der Waals surface area contributed by atoms with Gasteiger partial charge in [-0.2, -0.15) is 0 Å². The van der Waals surface area contributed by atoms with E-state index < -0.39 is 11.5 Å². The molecule has 0 radical (unpaired) electrons. The summed E-state index contributed by atoms with van der Waals surface area (Å²) in [4.78, 5) is 29.5. The molecule has 1 unspecified atom stereocenters. The van der Waals surface area contributed by atoms with E-state index in [2.05, 4.69) is 15.3 Å².